The van der Waals surface area contributed by atoms with Crippen LogP contribution in [0.4, 0.5) is 5.69 Å². The molecule has 1 N–H and O–H groups in total. The molecule has 0 aliphatic carbocycles. The number of imidazole rings is 1. The minimum atomic E-state index is -0.610. The molecule has 2 amide bonds. The van der Waals surface area contributed by atoms with Gasteiger partial charge >= 0.3 is 11.8 Å². The Hall–Kier alpha value is -2.93. The highest BCUT2D eigenvalue weighted by Gasteiger charge is 2.26. The van der Waals surface area contributed by atoms with Gasteiger partial charge in [0.15, 0.2) is 0 Å². The molecule has 3 heterocycles. The van der Waals surface area contributed by atoms with Gasteiger partial charge in [-0.15, -0.1) is 11.3 Å². The maximum atomic E-state index is 12.4. The first-order chi connectivity index (χ1) is 12.2. The average Bonchev–Trinajstić information content (AvgIpc) is 3.32. The van der Waals surface area contributed by atoms with Gasteiger partial charge in [-0.1, -0.05) is 6.07 Å². The molecule has 0 saturated carbocycles. The SMILES string of the molecule is O=C(Nc1cccc(-n2ccnc2)c1)C(=O)N1CCc2sccc2C1. The largest absolute Gasteiger partial charge is 0.330 e. The molecule has 3 aromatic rings. The maximum absolute atomic E-state index is 12.4. The third-order valence-electron chi connectivity index (χ3n) is 4.20. The van der Waals surface area contributed by atoms with Crippen LogP contribution in [-0.2, 0) is 22.6 Å². The van der Waals surface area contributed by atoms with Gasteiger partial charge in [0.05, 0.1) is 6.33 Å². The second kappa shape index (κ2) is 6.52. The van der Waals surface area contributed by atoms with Gasteiger partial charge in [-0.05, 0) is 41.6 Å². The van der Waals surface area contributed by atoms with Crippen molar-refractivity contribution in [2.45, 2.75) is 13.0 Å². The predicted octanol–water partition coefficient (Wildman–Crippen LogP) is 2.46. The van der Waals surface area contributed by atoms with E-state index in [-0.39, 0.29) is 0 Å². The molecular formula is C18H16N4O2S. The summed E-state index contributed by atoms with van der Waals surface area (Å²) in [6.45, 7) is 1.08. The van der Waals surface area contributed by atoms with Gasteiger partial charge < -0.3 is 14.8 Å². The van der Waals surface area contributed by atoms with Crippen molar-refractivity contribution in [1.82, 2.24) is 14.5 Å². The Morgan fingerprint density at radius 1 is 1.24 bits per heavy atom. The minimum absolute atomic E-state index is 0.495. The van der Waals surface area contributed by atoms with Crippen molar-refractivity contribution in [3.63, 3.8) is 0 Å². The summed E-state index contributed by atoms with van der Waals surface area (Å²) in [7, 11) is 0. The molecule has 7 heteroatoms. The van der Waals surface area contributed by atoms with E-state index in [1.165, 1.54) is 4.88 Å². The lowest BCUT2D eigenvalue weighted by Crippen LogP contribution is -2.42. The molecule has 0 radical (unpaired) electrons. The van der Waals surface area contributed by atoms with Crippen molar-refractivity contribution < 1.29 is 9.59 Å². The Labute approximate surface area is 148 Å². The van der Waals surface area contributed by atoms with Crippen molar-refractivity contribution in [1.29, 1.82) is 0 Å². The zero-order valence-corrected chi connectivity index (χ0v) is 14.2. The average molecular weight is 352 g/mol. The molecule has 126 valence electrons. The van der Waals surface area contributed by atoms with E-state index >= 15 is 0 Å². The lowest BCUT2D eigenvalue weighted by Gasteiger charge is -2.26. The fraction of sp³-hybridized carbons (Fsp3) is 0.167. The molecule has 1 aromatic carbocycles. The smallest absolute Gasteiger partial charge is 0.313 e. The molecule has 0 fully saturated rings. The first-order valence-electron chi connectivity index (χ1n) is 7.94. The van der Waals surface area contributed by atoms with Gasteiger partial charge in [-0.2, -0.15) is 0 Å². The summed E-state index contributed by atoms with van der Waals surface area (Å²) in [5.41, 5.74) is 2.58. The number of hydrogen-bond acceptors (Lipinski definition) is 4. The van der Waals surface area contributed by atoms with E-state index in [2.05, 4.69) is 10.3 Å². The van der Waals surface area contributed by atoms with Crippen molar-refractivity contribution in [3.8, 4) is 5.69 Å². The first-order valence-corrected chi connectivity index (χ1v) is 8.82. The number of carbonyl (C=O) groups excluding carboxylic acids is 2. The predicted molar refractivity (Wildman–Crippen MR) is 95.6 cm³/mol. The zero-order chi connectivity index (χ0) is 17.2. The molecule has 0 saturated heterocycles. The van der Waals surface area contributed by atoms with Gasteiger partial charge in [0.25, 0.3) is 0 Å². The van der Waals surface area contributed by atoms with Crippen LogP contribution in [0.15, 0.2) is 54.4 Å². The topological polar surface area (TPSA) is 67.2 Å². The summed E-state index contributed by atoms with van der Waals surface area (Å²) < 4.78 is 1.83. The number of fused-ring (bicyclic) bond motifs is 1. The van der Waals surface area contributed by atoms with Crippen molar-refractivity contribution in [3.05, 3.63) is 64.9 Å². The van der Waals surface area contributed by atoms with Crippen LogP contribution in [0.3, 0.4) is 0 Å². The van der Waals surface area contributed by atoms with Crippen LogP contribution in [0.2, 0.25) is 0 Å². The third-order valence-corrected chi connectivity index (χ3v) is 5.22. The fourth-order valence-electron chi connectivity index (χ4n) is 2.91. The lowest BCUT2D eigenvalue weighted by atomic mass is 10.1. The third kappa shape index (κ3) is 3.18. The molecule has 0 bridgehead atoms. The molecule has 1 aliphatic heterocycles. The van der Waals surface area contributed by atoms with Crippen molar-refractivity contribution in [2.75, 3.05) is 11.9 Å². The number of benzene rings is 1. The second-order valence-corrected chi connectivity index (χ2v) is 6.82. The van der Waals surface area contributed by atoms with Crippen LogP contribution < -0.4 is 5.32 Å². The Balaban J connectivity index is 1.45. The van der Waals surface area contributed by atoms with Crippen LogP contribution >= 0.6 is 11.3 Å². The summed E-state index contributed by atoms with van der Waals surface area (Å²) in [6, 6.07) is 9.32. The molecule has 25 heavy (non-hydrogen) atoms. The van der Waals surface area contributed by atoms with Crippen LogP contribution in [0.5, 0.6) is 0 Å². The number of nitrogens with zero attached hydrogens (tertiary/aromatic N) is 3. The van der Waals surface area contributed by atoms with Gasteiger partial charge in [0.1, 0.15) is 0 Å². The van der Waals surface area contributed by atoms with E-state index in [4.69, 9.17) is 0 Å². The van der Waals surface area contributed by atoms with E-state index in [1.54, 1.807) is 40.9 Å². The van der Waals surface area contributed by atoms with Crippen LogP contribution in [0, 0.1) is 0 Å². The normalized spacial score (nSPS) is 13.4. The van der Waals surface area contributed by atoms with E-state index in [9.17, 15) is 9.59 Å². The monoisotopic (exact) mass is 352 g/mol. The Bertz CT molecular complexity index is 917. The summed E-state index contributed by atoms with van der Waals surface area (Å²) >= 11 is 1.70. The molecule has 6 nitrogen and oxygen atoms in total. The first kappa shape index (κ1) is 15.6. The lowest BCUT2D eigenvalue weighted by molar-refractivity contribution is -0.143. The number of anilines is 1. The number of carbonyl (C=O) groups is 2. The molecule has 0 unspecified atom stereocenters. The molecule has 4 rings (SSSR count). The van der Waals surface area contributed by atoms with Gasteiger partial charge in [-0.25, -0.2) is 4.98 Å². The minimum Gasteiger partial charge on any atom is -0.330 e. The number of amides is 2. The highest BCUT2D eigenvalue weighted by atomic mass is 32.1. The number of thiophene rings is 1. The maximum Gasteiger partial charge on any atom is 0.313 e. The zero-order valence-electron chi connectivity index (χ0n) is 13.4. The van der Waals surface area contributed by atoms with Crippen LogP contribution in [0.25, 0.3) is 5.69 Å². The van der Waals surface area contributed by atoms with Gasteiger partial charge in [-0.3, -0.25) is 9.59 Å². The summed E-state index contributed by atoms with van der Waals surface area (Å²) in [6.07, 6.45) is 5.99. The number of nitrogens with one attached hydrogen (secondary N) is 1. The van der Waals surface area contributed by atoms with E-state index in [0.717, 1.165) is 17.7 Å². The number of rotatable bonds is 2. The number of aromatic nitrogens is 2. The Morgan fingerprint density at radius 3 is 3.00 bits per heavy atom. The fourth-order valence-corrected chi connectivity index (χ4v) is 3.80. The molecule has 0 spiro atoms. The summed E-state index contributed by atoms with van der Waals surface area (Å²) in [4.78, 5) is 31.7. The summed E-state index contributed by atoms with van der Waals surface area (Å²) in [5.74, 6) is -1.11. The molecule has 2 aromatic heterocycles. The van der Waals surface area contributed by atoms with Gasteiger partial charge in [0, 0.05) is 41.7 Å². The standard InChI is InChI=1S/C18H16N4O2S/c23-17(18(24)21-7-4-16-13(11-21)5-9-25-16)20-14-2-1-3-15(10-14)22-8-6-19-12-22/h1-3,5-6,8-10,12H,4,7,11H2,(H,20,23). The van der Waals surface area contributed by atoms with Crippen LogP contribution in [0.1, 0.15) is 10.4 Å². The highest BCUT2D eigenvalue weighted by Crippen LogP contribution is 2.24. The molecular weight excluding hydrogens is 336 g/mol. The van der Waals surface area contributed by atoms with E-state index in [1.807, 2.05) is 34.3 Å². The molecule has 0 atom stereocenters. The van der Waals surface area contributed by atoms with E-state index < -0.39 is 11.8 Å². The van der Waals surface area contributed by atoms with Crippen molar-refractivity contribution in [2.24, 2.45) is 0 Å². The molecule has 1 aliphatic rings. The quantitative estimate of drug-likeness (QED) is 0.721. The Morgan fingerprint density at radius 2 is 2.16 bits per heavy atom. The highest BCUT2D eigenvalue weighted by molar-refractivity contribution is 7.10. The van der Waals surface area contributed by atoms with Crippen molar-refractivity contribution >= 4 is 28.8 Å². The van der Waals surface area contributed by atoms with E-state index in [0.29, 0.717) is 18.8 Å². The van der Waals surface area contributed by atoms with Gasteiger partial charge in [0.2, 0.25) is 0 Å². The number of hydrogen-bond donors (Lipinski definition) is 1. The van der Waals surface area contributed by atoms with Crippen LogP contribution in [-0.4, -0.2) is 32.8 Å². The Kier molecular flexibility index (Phi) is 4.07. The summed E-state index contributed by atoms with van der Waals surface area (Å²) in [5, 5.41) is 4.73. The second-order valence-electron chi connectivity index (χ2n) is 5.82.